The second-order valence-corrected chi connectivity index (χ2v) is 9.26. The maximum Gasteiger partial charge on any atom is 0.249 e. The number of amides is 2. The van der Waals surface area contributed by atoms with Crippen LogP contribution in [0.25, 0.3) is 0 Å². The smallest absolute Gasteiger partial charge is 0.249 e. The molecule has 34 heavy (non-hydrogen) atoms. The Labute approximate surface area is 200 Å². The minimum absolute atomic E-state index is 0.0339. The zero-order valence-corrected chi connectivity index (χ0v) is 19.8. The third kappa shape index (κ3) is 4.99. The summed E-state index contributed by atoms with van der Waals surface area (Å²) in [5, 5.41) is 23.5. The average Bonchev–Trinajstić information content (AvgIpc) is 3.04. The van der Waals surface area contributed by atoms with Crippen LogP contribution in [0.1, 0.15) is 56.9 Å². The molecule has 186 valence electrons. The van der Waals surface area contributed by atoms with E-state index in [0.717, 1.165) is 44.1 Å². The number of para-hydroxylation sites is 1. The van der Waals surface area contributed by atoms with E-state index in [1.165, 1.54) is 0 Å². The lowest BCUT2D eigenvalue weighted by molar-refractivity contribution is -0.145. The Morgan fingerprint density at radius 3 is 2.62 bits per heavy atom. The maximum atomic E-state index is 13.4. The Morgan fingerprint density at radius 1 is 1.18 bits per heavy atom. The number of hydrogen-bond acceptors (Lipinski definition) is 6. The van der Waals surface area contributed by atoms with E-state index >= 15 is 0 Å². The van der Waals surface area contributed by atoms with Gasteiger partial charge in [-0.1, -0.05) is 43.9 Å². The molecule has 2 aliphatic carbocycles. The number of carbonyl (C=O) groups is 2. The molecule has 1 aliphatic heterocycles. The van der Waals surface area contributed by atoms with Crippen molar-refractivity contribution >= 4 is 11.8 Å². The van der Waals surface area contributed by atoms with Gasteiger partial charge in [0, 0.05) is 30.3 Å². The van der Waals surface area contributed by atoms with Crippen LogP contribution in [-0.2, 0) is 14.3 Å². The van der Waals surface area contributed by atoms with Crippen LogP contribution in [0.2, 0.25) is 0 Å². The lowest BCUT2D eigenvalue weighted by atomic mass is 9.77. The summed E-state index contributed by atoms with van der Waals surface area (Å²) in [4.78, 5) is 28.4. The lowest BCUT2D eigenvalue weighted by Crippen LogP contribution is -2.59. The molecule has 1 heterocycles. The van der Waals surface area contributed by atoms with E-state index in [4.69, 9.17) is 9.47 Å². The summed E-state index contributed by atoms with van der Waals surface area (Å²) in [7, 11) is 0. The molecule has 0 saturated heterocycles. The predicted molar refractivity (Wildman–Crippen MR) is 126 cm³/mol. The highest BCUT2D eigenvalue weighted by Crippen LogP contribution is 2.47. The van der Waals surface area contributed by atoms with Crippen LogP contribution in [0.15, 0.2) is 35.9 Å². The molecular weight excluding hydrogens is 436 g/mol. The first-order valence-electron chi connectivity index (χ1n) is 12.5. The quantitative estimate of drug-likeness (QED) is 0.499. The SMILES string of the molecule is CCOCC(=O)N(C1CCCCCC1)[C@@H]1C=C(C(=O)NCCO)[C@@H]2c3ccccc3O[C@@H]2[C@H]1O. The summed E-state index contributed by atoms with van der Waals surface area (Å²) in [6.07, 6.45) is 6.08. The van der Waals surface area contributed by atoms with Crippen molar-refractivity contribution < 1.29 is 29.3 Å². The molecule has 1 aromatic rings. The summed E-state index contributed by atoms with van der Waals surface area (Å²) in [6.45, 7) is 2.15. The van der Waals surface area contributed by atoms with Crippen LogP contribution in [0.4, 0.5) is 0 Å². The third-order valence-corrected chi connectivity index (χ3v) is 7.13. The summed E-state index contributed by atoms with van der Waals surface area (Å²) in [5.74, 6) is -0.309. The molecular formula is C26H36N2O6. The van der Waals surface area contributed by atoms with Gasteiger partial charge in [-0.2, -0.15) is 0 Å². The number of nitrogens with one attached hydrogen (secondary N) is 1. The van der Waals surface area contributed by atoms with Gasteiger partial charge < -0.3 is 29.9 Å². The number of aliphatic hydroxyl groups excluding tert-OH is 2. The number of fused-ring (bicyclic) bond motifs is 3. The van der Waals surface area contributed by atoms with Crippen LogP contribution in [-0.4, -0.2) is 77.6 Å². The Balaban J connectivity index is 1.74. The largest absolute Gasteiger partial charge is 0.486 e. The second kappa shape index (κ2) is 11.3. The molecule has 4 atom stereocenters. The Hall–Kier alpha value is -2.42. The molecule has 3 N–H and O–H groups in total. The molecule has 1 fully saturated rings. The predicted octanol–water partition coefficient (Wildman–Crippen LogP) is 1.90. The van der Waals surface area contributed by atoms with Crippen LogP contribution >= 0.6 is 0 Å². The van der Waals surface area contributed by atoms with E-state index in [0.29, 0.717) is 17.9 Å². The van der Waals surface area contributed by atoms with Gasteiger partial charge in [0.25, 0.3) is 0 Å². The second-order valence-electron chi connectivity index (χ2n) is 9.26. The molecule has 0 spiro atoms. The average molecular weight is 473 g/mol. The van der Waals surface area contributed by atoms with E-state index in [9.17, 15) is 19.8 Å². The summed E-state index contributed by atoms with van der Waals surface area (Å²) in [6, 6.07) is 6.75. The van der Waals surface area contributed by atoms with Crippen molar-refractivity contribution in [3.8, 4) is 5.75 Å². The van der Waals surface area contributed by atoms with Crippen molar-refractivity contribution in [1.29, 1.82) is 0 Å². The zero-order valence-electron chi connectivity index (χ0n) is 19.8. The van der Waals surface area contributed by atoms with E-state index in [1.807, 2.05) is 31.2 Å². The fourth-order valence-corrected chi connectivity index (χ4v) is 5.57. The number of benzene rings is 1. The molecule has 0 bridgehead atoms. The van der Waals surface area contributed by atoms with E-state index in [-0.39, 0.29) is 37.6 Å². The molecule has 0 aromatic heterocycles. The first kappa shape index (κ1) is 24.7. The number of carbonyl (C=O) groups excluding carboxylic acids is 2. The Bertz CT molecular complexity index is 895. The molecule has 2 amide bonds. The normalized spacial score (nSPS) is 26.5. The van der Waals surface area contributed by atoms with Crippen LogP contribution in [0, 0.1) is 0 Å². The number of hydrogen-bond donors (Lipinski definition) is 3. The van der Waals surface area contributed by atoms with Gasteiger partial charge in [0.1, 0.15) is 24.6 Å². The highest BCUT2D eigenvalue weighted by atomic mass is 16.5. The topological polar surface area (TPSA) is 108 Å². The monoisotopic (exact) mass is 472 g/mol. The highest BCUT2D eigenvalue weighted by molar-refractivity contribution is 5.96. The Kier molecular flexibility index (Phi) is 8.24. The first-order chi connectivity index (χ1) is 16.6. The molecule has 0 unspecified atom stereocenters. The van der Waals surface area contributed by atoms with E-state index in [1.54, 1.807) is 11.0 Å². The minimum Gasteiger partial charge on any atom is -0.486 e. The number of rotatable bonds is 8. The number of nitrogens with zero attached hydrogens (tertiary/aromatic N) is 1. The fourth-order valence-electron chi connectivity index (χ4n) is 5.57. The Morgan fingerprint density at radius 2 is 1.91 bits per heavy atom. The zero-order chi connectivity index (χ0) is 24.1. The molecule has 1 saturated carbocycles. The molecule has 1 aromatic carbocycles. The molecule has 0 radical (unpaired) electrons. The van der Waals surface area contributed by atoms with Crippen molar-refractivity contribution in [2.75, 3.05) is 26.4 Å². The van der Waals surface area contributed by atoms with Crippen LogP contribution in [0.3, 0.4) is 0 Å². The molecule has 8 heteroatoms. The molecule has 4 rings (SSSR count). The summed E-state index contributed by atoms with van der Waals surface area (Å²) >= 11 is 0. The third-order valence-electron chi connectivity index (χ3n) is 7.13. The standard InChI is InChI=1S/C26H36N2O6/c1-2-33-16-22(30)28(17-9-5-3-4-6-10-17)20-15-19(26(32)27-13-14-29)23-18-11-7-8-12-21(18)34-25(23)24(20)31/h7-8,11-12,15,17,20,23-25,29,31H,2-6,9-10,13-14,16H2,1H3,(H,27,32)/t20-,23+,24+,25+/m1/s1. The highest BCUT2D eigenvalue weighted by Gasteiger charge is 2.51. The van der Waals surface area contributed by atoms with Crippen LogP contribution in [0.5, 0.6) is 5.75 Å². The maximum absolute atomic E-state index is 13.4. The first-order valence-corrected chi connectivity index (χ1v) is 12.5. The fraction of sp³-hybridized carbons (Fsp3) is 0.615. The van der Waals surface area contributed by atoms with Crippen molar-refractivity contribution in [3.05, 3.63) is 41.5 Å². The number of aliphatic hydroxyl groups is 2. The minimum atomic E-state index is -0.999. The van der Waals surface area contributed by atoms with Gasteiger partial charge in [0.2, 0.25) is 11.8 Å². The van der Waals surface area contributed by atoms with Crippen LogP contribution < -0.4 is 10.1 Å². The summed E-state index contributed by atoms with van der Waals surface area (Å²) in [5.41, 5.74) is 1.30. The van der Waals surface area contributed by atoms with Crippen molar-refractivity contribution in [3.63, 3.8) is 0 Å². The lowest BCUT2D eigenvalue weighted by Gasteiger charge is -2.44. The molecule has 3 aliphatic rings. The van der Waals surface area contributed by atoms with E-state index < -0.39 is 24.2 Å². The van der Waals surface area contributed by atoms with Gasteiger partial charge in [0.05, 0.1) is 18.6 Å². The van der Waals surface area contributed by atoms with E-state index in [2.05, 4.69) is 5.32 Å². The van der Waals surface area contributed by atoms with Gasteiger partial charge in [-0.15, -0.1) is 0 Å². The van der Waals surface area contributed by atoms with Crippen molar-refractivity contribution in [2.24, 2.45) is 0 Å². The van der Waals surface area contributed by atoms with Gasteiger partial charge in [-0.25, -0.2) is 0 Å². The van der Waals surface area contributed by atoms with Crippen molar-refractivity contribution in [1.82, 2.24) is 10.2 Å². The number of ether oxygens (including phenoxy) is 2. The van der Waals surface area contributed by atoms with Gasteiger partial charge in [-0.3, -0.25) is 9.59 Å². The van der Waals surface area contributed by atoms with Crippen molar-refractivity contribution in [2.45, 2.75) is 75.7 Å². The molecule has 8 nitrogen and oxygen atoms in total. The van der Waals surface area contributed by atoms with Gasteiger partial charge in [-0.05, 0) is 31.9 Å². The van der Waals surface area contributed by atoms with Gasteiger partial charge >= 0.3 is 0 Å². The summed E-state index contributed by atoms with van der Waals surface area (Å²) < 4.78 is 11.6. The van der Waals surface area contributed by atoms with Gasteiger partial charge in [0.15, 0.2) is 0 Å².